The van der Waals surface area contributed by atoms with E-state index in [0.717, 1.165) is 51.5 Å². The quantitative estimate of drug-likeness (QED) is 0.278. The van der Waals surface area contributed by atoms with Gasteiger partial charge in [0.1, 0.15) is 5.82 Å². The van der Waals surface area contributed by atoms with Crippen molar-refractivity contribution in [2.24, 2.45) is 10.9 Å². The molecule has 2 fully saturated rings. The van der Waals surface area contributed by atoms with Gasteiger partial charge in [0, 0.05) is 45.2 Å². The highest BCUT2D eigenvalue weighted by Crippen LogP contribution is 2.28. The van der Waals surface area contributed by atoms with Gasteiger partial charge in [0.15, 0.2) is 5.96 Å². The van der Waals surface area contributed by atoms with Gasteiger partial charge in [-0.2, -0.15) is 0 Å². The van der Waals surface area contributed by atoms with Crippen LogP contribution in [0, 0.1) is 11.7 Å². The number of piperazine rings is 1. The molecule has 150 valence electrons. The van der Waals surface area contributed by atoms with Crippen LogP contribution in [0.4, 0.5) is 10.1 Å². The van der Waals surface area contributed by atoms with Crippen molar-refractivity contribution in [3.05, 3.63) is 30.1 Å². The monoisotopic (exact) mass is 489 g/mol. The first-order chi connectivity index (χ1) is 12.7. The fraction of sp³-hybridized carbons (Fsp3) is 0.579. The molecule has 1 aromatic rings. The zero-order valence-electron chi connectivity index (χ0n) is 15.8. The molecule has 0 unspecified atom stereocenters. The summed E-state index contributed by atoms with van der Waals surface area (Å²) in [6.45, 7) is 7.05. The van der Waals surface area contributed by atoms with Crippen LogP contribution in [0.1, 0.15) is 19.8 Å². The first-order valence-electron chi connectivity index (χ1n) is 9.49. The third-order valence-electron chi connectivity index (χ3n) is 4.73. The number of benzene rings is 1. The number of anilines is 1. The fourth-order valence-electron chi connectivity index (χ4n) is 3.12. The van der Waals surface area contributed by atoms with Crippen LogP contribution in [-0.2, 0) is 4.79 Å². The van der Waals surface area contributed by atoms with Gasteiger partial charge < -0.3 is 20.4 Å². The molecule has 27 heavy (non-hydrogen) atoms. The Hall–Kier alpha value is -1.58. The van der Waals surface area contributed by atoms with Crippen molar-refractivity contribution in [2.75, 3.05) is 50.7 Å². The smallest absolute Gasteiger partial charge is 0.223 e. The zero-order chi connectivity index (χ0) is 18.4. The Morgan fingerprint density at radius 1 is 1.19 bits per heavy atom. The van der Waals surface area contributed by atoms with E-state index >= 15 is 0 Å². The Balaban J connectivity index is 0.00000261. The van der Waals surface area contributed by atoms with E-state index in [1.807, 2.05) is 19.1 Å². The summed E-state index contributed by atoms with van der Waals surface area (Å²) >= 11 is 0. The summed E-state index contributed by atoms with van der Waals surface area (Å²) in [5, 5.41) is 6.25. The molecule has 0 aromatic heterocycles. The van der Waals surface area contributed by atoms with Gasteiger partial charge in [0.25, 0.3) is 0 Å². The number of hydrogen-bond acceptors (Lipinski definition) is 3. The summed E-state index contributed by atoms with van der Waals surface area (Å²) in [5.41, 5.74) is 0.664. The molecule has 6 nitrogen and oxygen atoms in total. The van der Waals surface area contributed by atoms with Crippen molar-refractivity contribution in [3.63, 3.8) is 0 Å². The van der Waals surface area contributed by atoms with Gasteiger partial charge in [0.2, 0.25) is 5.91 Å². The molecule has 2 N–H and O–H groups in total. The normalized spacial score (nSPS) is 17.3. The molecule has 8 heteroatoms. The van der Waals surface area contributed by atoms with Crippen LogP contribution in [0.3, 0.4) is 0 Å². The number of nitrogens with zero attached hydrogens (tertiary/aromatic N) is 3. The van der Waals surface area contributed by atoms with E-state index in [-0.39, 0.29) is 41.6 Å². The van der Waals surface area contributed by atoms with Gasteiger partial charge in [-0.15, -0.1) is 24.0 Å². The Labute approximate surface area is 177 Å². The number of carbonyl (C=O) groups excluding carboxylic acids is 1. The highest BCUT2D eigenvalue weighted by Gasteiger charge is 2.29. The molecule has 0 spiro atoms. The topological polar surface area (TPSA) is 60.0 Å². The van der Waals surface area contributed by atoms with Crippen LogP contribution in [-0.4, -0.2) is 62.6 Å². The maximum atomic E-state index is 14.0. The number of carbonyl (C=O) groups is 1. The van der Waals surface area contributed by atoms with Gasteiger partial charge in [-0.25, -0.2) is 4.39 Å². The number of para-hydroxylation sites is 1. The molecular formula is C19H29FIN5O. The minimum Gasteiger partial charge on any atom is -0.366 e. The molecule has 1 saturated heterocycles. The number of guanidine groups is 1. The van der Waals surface area contributed by atoms with Crippen molar-refractivity contribution in [3.8, 4) is 0 Å². The minimum absolute atomic E-state index is 0. The van der Waals surface area contributed by atoms with Gasteiger partial charge in [-0.3, -0.25) is 9.79 Å². The lowest BCUT2D eigenvalue weighted by molar-refractivity contribution is -0.122. The number of halogens is 2. The number of hydrogen-bond donors (Lipinski definition) is 2. The van der Waals surface area contributed by atoms with Crippen LogP contribution >= 0.6 is 24.0 Å². The summed E-state index contributed by atoms with van der Waals surface area (Å²) in [5.74, 6) is 1.08. The molecule has 1 heterocycles. The molecule has 1 aromatic carbocycles. The van der Waals surface area contributed by atoms with Crippen LogP contribution in [0.15, 0.2) is 29.3 Å². The lowest BCUT2D eigenvalue weighted by Crippen LogP contribution is -2.52. The van der Waals surface area contributed by atoms with Crippen molar-refractivity contribution in [1.29, 1.82) is 0 Å². The van der Waals surface area contributed by atoms with Crippen molar-refractivity contribution >= 4 is 41.5 Å². The summed E-state index contributed by atoms with van der Waals surface area (Å²) < 4.78 is 14.0. The lowest BCUT2D eigenvalue weighted by Gasteiger charge is -2.37. The molecular weight excluding hydrogens is 460 g/mol. The standard InChI is InChI=1S/C19H28FN5O.HI/c1-2-21-19(23-10-9-22-18(26)15-7-8-15)25-13-11-24(12-14-25)17-6-4-3-5-16(17)20;/h3-6,15H,2,7-14H2,1H3,(H,21,23)(H,22,26);1H. The third-order valence-corrected chi connectivity index (χ3v) is 4.73. The maximum absolute atomic E-state index is 14.0. The molecule has 0 atom stereocenters. The van der Waals surface area contributed by atoms with Crippen LogP contribution in [0.5, 0.6) is 0 Å². The van der Waals surface area contributed by atoms with Gasteiger partial charge in [-0.05, 0) is 31.9 Å². The number of nitrogens with one attached hydrogen (secondary N) is 2. The van der Waals surface area contributed by atoms with Gasteiger partial charge in [0.05, 0.1) is 12.2 Å². The van der Waals surface area contributed by atoms with Crippen LogP contribution in [0.2, 0.25) is 0 Å². The molecule has 1 aliphatic carbocycles. The second-order valence-electron chi connectivity index (χ2n) is 6.73. The van der Waals surface area contributed by atoms with Crippen LogP contribution < -0.4 is 15.5 Å². The molecule has 3 rings (SSSR count). The highest BCUT2D eigenvalue weighted by molar-refractivity contribution is 14.0. The molecule has 2 aliphatic rings. The Bertz CT molecular complexity index is 645. The van der Waals surface area contributed by atoms with E-state index in [1.165, 1.54) is 6.07 Å². The lowest BCUT2D eigenvalue weighted by atomic mass is 10.2. The molecule has 0 radical (unpaired) electrons. The second-order valence-corrected chi connectivity index (χ2v) is 6.73. The van der Waals surface area contributed by atoms with E-state index in [2.05, 4.69) is 25.4 Å². The summed E-state index contributed by atoms with van der Waals surface area (Å²) in [6.07, 6.45) is 2.04. The molecule has 1 saturated carbocycles. The largest absolute Gasteiger partial charge is 0.366 e. The van der Waals surface area contributed by atoms with Crippen molar-refractivity contribution < 1.29 is 9.18 Å². The number of amides is 1. The summed E-state index contributed by atoms with van der Waals surface area (Å²) in [7, 11) is 0. The second kappa shape index (κ2) is 10.7. The average molecular weight is 489 g/mol. The Morgan fingerprint density at radius 2 is 1.89 bits per heavy atom. The van der Waals surface area contributed by atoms with E-state index in [0.29, 0.717) is 18.8 Å². The summed E-state index contributed by atoms with van der Waals surface area (Å²) in [6, 6.07) is 6.91. The zero-order valence-corrected chi connectivity index (χ0v) is 18.1. The van der Waals surface area contributed by atoms with E-state index in [1.54, 1.807) is 6.07 Å². The van der Waals surface area contributed by atoms with Crippen LogP contribution in [0.25, 0.3) is 0 Å². The van der Waals surface area contributed by atoms with Crippen molar-refractivity contribution in [1.82, 2.24) is 15.5 Å². The van der Waals surface area contributed by atoms with Crippen molar-refractivity contribution in [2.45, 2.75) is 19.8 Å². The SMILES string of the molecule is CCNC(=NCCNC(=O)C1CC1)N1CCN(c2ccccc2F)CC1.I. The number of rotatable bonds is 6. The average Bonchev–Trinajstić information content (AvgIpc) is 3.50. The molecule has 1 amide bonds. The molecule has 1 aliphatic heterocycles. The first-order valence-corrected chi connectivity index (χ1v) is 9.49. The Morgan fingerprint density at radius 3 is 2.52 bits per heavy atom. The third kappa shape index (κ3) is 6.22. The van der Waals surface area contributed by atoms with Gasteiger partial charge >= 0.3 is 0 Å². The van der Waals surface area contributed by atoms with E-state index < -0.39 is 0 Å². The number of aliphatic imine (C=N–C) groups is 1. The summed E-state index contributed by atoms with van der Waals surface area (Å²) in [4.78, 5) is 20.6. The predicted octanol–water partition coefficient (Wildman–Crippen LogP) is 2.06. The maximum Gasteiger partial charge on any atom is 0.223 e. The minimum atomic E-state index is -0.173. The van der Waals surface area contributed by atoms with E-state index in [9.17, 15) is 9.18 Å². The Kier molecular flexibility index (Phi) is 8.59. The van der Waals surface area contributed by atoms with Gasteiger partial charge in [-0.1, -0.05) is 12.1 Å². The predicted molar refractivity (Wildman–Crippen MR) is 117 cm³/mol. The highest BCUT2D eigenvalue weighted by atomic mass is 127. The molecule has 0 bridgehead atoms. The van der Waals surface area contributed by atoms with E-state index in [4.69, 9.17) is 0 Å². The fourth-order valence-corrected chi connectivity index (χ4v) is 3.12. The first kappa shape index (κ1) is 21.7.